The second-order valence-electron chi connectivity index (χ2n) is 9.14. The number of amides is 2. The first kappa shape index (κ1) is 21.9. The van der Waals surface area contributed by atoms with Gasteiger partial charge in [-0.15, -0.1) is 0 Å². The van der Waals surface area contributed by atoms with Crippen LogP contribution in [-0.4, -0.2) is 63.7 Å². The van der Waals surface area contributed by atoms with Crippen LogP contribution >= 0.6 is 0 Å². The molecular weight excluding hydrogens is 412 g/mol. The first-order valence-corrected chi connectivity index (χ1v) is 10.7. The molecule has 0 bridgehead atoms. The van der Waals surface area contributed by atoms with Crippen LogP contribution in [0.25, 0.3) is 22.6 Å². The molecule has 170 valence electrons. The summed E-state index contributed by atoms with van der Waals surface area (Å²) in [7, 11) is 1.69. The van der Waals surface area contributed by atoms with Gasteiger partial charge in [-0.3, -0.25) is 4.79 Å². The summed E-state index contributed by atoms with van der Waals surface area (Å²) in [5, 5.41) is 4.60. The van der Waals surface area contributed by atoms with Crippen LogP contribution in [0.5, 0.6) is 0 Å². The van der Waals surface area contributed by atoms with E-state index in [9.17, 15) is 9.59 Å². The van der Waals surface area contributed by atoms with Crippen LogP contribution in [0.4, 0.5) is 4.79 Å². The number of furan rings is 1. The number of nitrogens with zero attached hydrogens (tertiary/aromatic N) is 4. The maximum Gasteiger partial charge on any atom is 0.410 e. The first-order valence-electron chi connectivity index (χ1n) is 10.7. The highest BCUT2D eigenvalue weighted by Gasteiger charge is 2.34. The van der Waals surface area contributed by atoms with Gasteiger partial charge < -0.3 is 23.5 Å². The Morgan fingerprint density at radius 1 is 1.34 bits per heavy atom. The minimum absolute atomic E-state index is 0.115. The van der Waals surface area contributed by atoms with Gasteiger partial charge in [-0.2, -0.15) is 0 Å². The van der Waals surface area contributed by atoms with Crippen molar-refractivity contribution in [3.63, 3.8) is 0 Å². The molecular formula is C23H28N4O5. The van der Waals surface area contributed by atoms with E-state index in [-0.39, 0.29) is 11.9 Å². The largest absolute Gasteiger partial charge is 0.463 e. The lowest BCUT2D eigenvalue weighted by atomic mass is 10.1. The van der Waals surface area contributed by atoms with E-state index in [1.165, 1.54) is 4.90 Å². The molecule has 1 atom stereocenters. The van der Waals surface area contributed by atoms with Gasteiger partial charge >= 0.3 is 6.09 Å². The summed E-state index contributed by atoms with van der Waals surface area (Å²) in [5.41, 5.74) is 1.29. The predicted octanol–water partition coefficient (Wildman–Crippen LogP) is 4.26. The van der Waals surface area contributed by atoms with E-state index in [1.807, 2.05) is 25.7 Å². The average Bonchev–Trinajstić information content (AvgIpc) is 3.47. The van der Waals surface area contributed by atoms with Crippen LogP contribution in [0.2, 0.25) is 0 Å². The monoisotopic (exact) mass is 440 g/mol. The molecule has 9 heteroatoms. The molecule has 0 saturated carbocycles. The highest BCUT2D eigenvalue weighted by atomic mass is 16.6. The smallest absolute Gasteiger partial charge is 0.410 e. The van der Waals surface area contributed by atoms with Gasteiger partial charge in [0.1, 0.15) is 11.3 Å². The predicted molar refractivity (Wildman–Crippen MR) is 117 cm³/mol. The molecule has 1 fully saturated rings. The fraction of sp³-hybridized carbons (Fsp3) is 0.478. The summed E-state index contributed by atoms with van der Waals surface area (Å²) in [4.78, 5) is 33.9. The fourth-order valence-electron chi connectivity index (χ4n) is 3.99. The number of carbonyl (C=O) groups excluding carboxylic acids is 2. The molecule has 0 N–H and O–H groups in total. The molecule has 0 radical (unpaired) electrons. The molecule has 4 heterocycles. The molecule has 3 aromatic heterocycles. The van der Waals surface area contributed by atoms with Crippen LogP contribution in [-0.2, 0) is 4.74 Å². The highest BCUT2D eigenvalue weighted by Crippen LogP contribution is 2.30. The van der Waals surface area contributed by atoms with E-state index in [4.69, 9.17) is 13.7 Å². The van der Waals surface area contributed by atoms with Crippen LogP contribution in [0, 0.1) is 6.92 Å². The van der Waals surface area contributed by atoms with E-state index in [2.05, 4.69) is 10.1 Å². The molecule has 1 saturated heterocycles. The third-order valence-corrected chi connectivity index (χ3v) is 5.45. The molecule has 0 spiro atoms. The summed E-state index contributed by atoms with van der Waals surface area (Å²) in [6.45, 7) is 8.27. The Labute approximate surface area is 186 Å². The van der Waals surface area contributed by atoms with Gasteiger partial charge in [0.2, 0.25) is 0 Å². The average molecular weight is 441 g/mol. The Morgan fingerprint density at radius 3 is 2.81 bits per heavy atom. The Hall–Kier alpha value is -3.36. The number of fused-ring (bicyclic) bond motifs is 1. The minimum Gasteiger partial charge on any atom is -0.463 e. The SMILES string of the molecule is Cc1noc2nc(-c3ccco3)cc(C(=O)N3CCC[C@@H]3CN(C)C(=O)OC(C)(C)C)c12. The minimum atomic E-state index is -0.576. The molecule has 1 aliphatic rings. The number of likely N-dealkylation sites (tertiary alicyclic amines) is 1. The van der Waals surface area contributed by atoms with Crippen molar-refractivity contribution < 1.29 is 23.3 Å². The normalized spacial score (nSPS) is 16.5. The van der Waals surface area contributed by atoms with Gasteiger partial charge in [-0.05, 0) is 58.7 Å². The van der Waals surface area contributed by atoms with Crippen molar-refractivity contribution in [2.24, 2.45) is 0 Å². The van der Waals surface area contributed by atoms with Gasteiger partial charge in [0, 0.05) is 26.2 Å². The number of carbonyl (C=O) groups is 2. The molecule has 2 amide bonds. The van der Waals surface area contributed by atoms with E-state index in [1.54, 1.807) is 38.4 Å². The summed E-state index contributed by atoms with van der Waals surface area (Å²) in [5.74, 6) is 0.397. The van der Waals surface area contributed by atoms with Crippen molar-refractivity contribution in [1.82, 2.24) is 19.9 Å². The summed E-state index contributed by atoms with van der Waals surface area (Å²) >= 11 is 0. The molecule has 0 aromatic carbocycles. The van der Waals surface area contributed by atoms with Gasteiger partial charge in [0.15, 0.2) is 5.76 Å². The van der Waals surface area contributed by atoms with Gasteiger partial charge in [-0.1, -0.05) is 5.16 Å². The third-order valence-electron chi connectivity index (χ3n) is 5.45. The van der Waals surface area contributed by atoms with E-state index in [0.29, 0.717) is 46.9 Å². The number of aryl methyl sites for hydroxylation is 1. The van der Waals surface area contributed by atoms with E-state index >= 15 is 0 Å². The van der Waals surface area contributed by atoms with Crippen molar-refractivity contribution in [1.29, 1.82) is 0 Å². The quantitative estimate of drug-likeness (QED) is 0.597. The zero-order chi connectivity index (χ0) is 23.0. The fourth-order valence-corrected chi connectivity index (χ4v) is 3.99. The lowest BCUT2D eigenvalue weighted by molar-refractivity contribution is 0.0252. The maximum atomic E-state index is 13.7. The number of rotatable bonds is 4. The lowest BCUT2D eigenvalue weighted by Gasteiger charge is -2.30. The number of hydrogen-bond donors (Lipinski definition) is 0. The van der Waals surface area contributed by atoms with Crippen molar-refractivity contribution in [3.05, 3.63) is 35.7 Å². The zero-order valence-electron chi connectivity index (χ0n) is 19.0. The van der Waals surface area contributed by atoms with E-state index < -0.39 is 11.7 Å². The molecule has 9 nitrogen and oxygen atoms in total. The van der Waals surface area contributed by atoms with Crippen molar-refractivity contribution in [2.45, 2.75) is 52.2 Å². The molecule has 0 aliphatic carbocycles. The number of pyridine rings is 1. The molecule has 0 unspecified atom stereocenters. The standard InChI is InChI=1S/C23H28N4O5/c1-14-19-16(12-17(18-9-7-11-30-18)24-20(19)32-25-14)21(28)27-10-6-8-15(27)13-26(5)22(29)31-23(2,3)4/h7,9,11-12,15H,6,8,10,13H2,1-5H3/t15-/m1/s1. The number of likely N-dealkylation sites (N-methyl/N-ethyl adjacent to an activating group) is 1. The molecule has 3 aromatic rings. The summed E-state index contributed by atoms with van der Waals surface area (Å²) < 4.78 is 16.3. The van der Waals surface area contributed by atoms with Crippen molar-refractivity contribution >= 4 is 23.1 Å². The first-order chi connectivity index (χ1) is 15.1. The Bertz CT molecular complexity index is 1130. The van der Waals surface area contributed by atoms with Crippen molar-refractivity contribution in [2.75, 3.05) is 20.1 Å². The van der Waals surface area contributed by atoms with Crippen molar-refractivity contribution in [3.8, 4) is 11.5 Å². The second-order valence-corrected chi connectivity index (χ2v) is 9.14. The third kappa shape index (κ3) is 4.32. The zero-order valence-corrected chi connectivity index (χ0v) is 19.0. The number of ether oxygens (including phenoxy) is 1. The van der Waals surface area contributed by atoms with E-state index in [0.717, 1.165) is 12.8 Å². The Morgan fingerprint density at radius 2 is 2.12 bits per heavy atom. The Balaban J connectivity index is 1.62. The lowest BCUT2D eigenvalue weighted by Crippen LogP contribution is -2.45. The molecule has 1 aliphatic heterocycles. The number of hydrogen-bond acceptors (Lipinski definition) is 7. The summed E-state index contributed by atoms with van der Waals surface area (Å²) in [6.07, 6.45) is 2.82. The second kappa shape index (κ2) is 8.29. The van der Waals surface area contributed by atoms with Crippen LogP contribution in [0.1, 0.15) is 49.7 Å². The molecule has 32 heavy (non-hydrogen) atoms. The van der Waals surface area contributed by atoms with Crippen LogP contribution in [0.3, 0.4) is 0 Å². The van der Waals surface area contributed by atoms with Crippen LogP contribution < -0.4 is 0 Å². The Kier molecular flexibility index (Phi) is 5.66. The topological polar surface area (TPSA) is 102 Å². The molecule has 4 rings (SSSR count). The summed E-state index contributed by atoms with van der Waals surface area (Å²) in [6, 6.07) is 5.15. The number of aromatic nitrogens is 2. The van der Waals surface area contributed by atoms with Crippen LogP contribution in [0.15, 0.2) is 33.4 Å². The van der Waals surface area contributed by atoms with Gasteiger partial charge in [0.25, 0.3) is 11.6 Å². The maximum absolute atomic E-state index is 13.7. The highest BCUT2D eigenvalue weighted by molar-refractivity contribution is 6.07. The van der Waals surface area contributed by atoms with Gasteiger partial charge in [0.05, 0.1) is 22.9 Å². The van der Waals surface area contributed by atoms with Gasteiger partial charge in [-0.25, -0.2) is 9.78 Å².